The second-order valence-corrected chi connectivity index (χ2v) is 6.97. The van der Waals surface area contributed by atoms with Gasteiger partial charge in [-0.3, -0.25) is 4.79 Å². The molecule has 3 nitrogen and oxygen atoms in total. The van der Waals surface area contributed by atoms with E-state index in [-0.39, 0.29) is 23.3 Å². The molecule has 20 heavy (non-hydrogen) atoms. The minimum absolute atomic E-state index is 0.0422. The van der Waals surface area contributed by atoms with E-state index in [9.17, 15) is 4.79 Å². The molecular weight excluding hydrogens is 297 g/mol. The van der Waals surface area contributed by atoms with Gasteiger partial charge in [0.05, 0.1) is 5.38 Å². The summed E-state index contributed by atoms with van der Waals surface area (Å²) in [6, 6.07) is 6.94. The van der Waals surface area contributed by atoms with Crippen LogP contribution < -0.4 is 10.1 Å². The lowest BCUT2D eigenvalue weighted by atomic mass is 9.90. The molecule has 1 aromatic carbocycles. The summed E-state index contributed by atoms with van der Waals surface area (Å²) < 4.78 is 5.34. The Hall–Kier alpha value is -0.930. The van der Waals surface area contributed by atoms with Crippen LogP contribution in [-0.4, -0.2) is 24.4 Å². The number of halogens is 2. The van der Waals surface area contributed by atoms with Crippen LogP contribution in [-0.2, 0) is 4.79 Å². The SMILES string of the molecule is CC(C)(C)CC(Cl)CNC(=O)COc1cccc(Cl)c1. The molecule has 0 heterocycles. The second-order valence-electron chi connectivity index (χ2n) is 5.91. The van der Waals surface area contributed by atoms with Gasteiger partial charge in [0, 0.05) is 11.6 Å². The third-order valence-electron chi connectivity index (χ3n) is 2.52. The van der Waals surface area contributed by atoms with E-state index in [1.807, 2.05) is 0 Å². The summed E-state index contributed by atoms with van der Waals surface area (Å²) in [5.74, 6) is 0.384. The molecule has 0 aromatic heterocycles. The van der Waals surface area contributed by atoms with Gasteiger partial charge in [-0.1, -0.05) is 38.4 Å². The Morgan fingerprint density at radius 1 is 1.40 bits per heavy atom. The van der Waals surface area contributed by atoms with Crippen LogP contribution in [0.3, 0.4) is 0 Å². The Kier molecular flexibility index (Phi) is 6.63. The van der Waals surface area contributed by atoms with Crippen molar-refractivity contribution in [2.75, 3.05) is 13.2 Å². The van der Waals surface area contributed by atoms with Gasteiger partial charge in [0.2, 0.25) is 0 Å². The van der Waals surface area contributed by atoms with Gasteiger partial charge < -0.3 is 10.1 Å². The first kappa shape index (κ1) is 17.1. The van der Waals surface area contributed by atoms with Crippen molar-refractivity contribution in [3.8, 4) is 5.75 Å². The first-order chi connectivity index (χ1) is 9.26. The van der Waals surface area contributed by atoms with Gasteiger partial charge in [-0.25, -0.2) is 0 Å². The molecular formula is C15H21Cl2NO2. The largest absolute Gasteiger partial charge is 0.484 e. The highest BCUT2D eigenvalue weighted by molar-refractivity contribution is 6.30. The molecule has 0 aliphatic heterocycles. The molecule has 1 aromatic rings. The fraction of sp³-hybridized carbons (Fsp3) is 0.533. The molecule has 0 fully saturated rings. The zero-order valence-corrected chi connectivity index (χ0v) is 13.6. The van der Waals surface area contributed by atoms with Crippen molar-refractivity contribution >= 4 is 29.1 Å². The average Bonchev–Trinajstić information content (AvgIpc) is 2.32. The van der Waals surface area contributed by atoms with Crippen LogP contribution in [0.15, 0.2) is 24.3 Å². The van der Waals surface area contributed by atoms with Crippen LogP contribution >= 0.6 is 23.2 Å². The molecule has 112 valence electrons. The monoisotopic (exact) mass is 317 g/mol. The Balaban J connectivity index is 2.27. The van der Waals surface area contributed by atoms with Gasteiger partial charge in [0.25, 0.3) is 5.91 Å². The number of carbonyl (C=O) groups is 1. The van der Waals surface area contributed by atoms with Crippen LogP contribution in [0, 0.1) is 5.41 Å². The molecule has 1 N–H and O–H groups in total. The highest BCUT2D eigenvalue weighted by Gasteiger charge is 2.17. The van der Waals surface area contributed by atoms with E-state index in [1.165, 1.54) is 0 Å². The number of ether oxygens (including phenoxy) is 1. The maximum absolute atomic E-state index is 11.6. The zero-order chi connectivity index (χ0) is 15.2. The summed E-state index contributed by atoms with van der Waals surface area (Å²) in [6.07, 6.45) is 0.837. The van der Waals surface area contributed by atoms with Gasteiger partial charge in [-0.15, -0.1) is 11.6 Å². The summed E-state index contributed by atoms with van der Waals surface area (Å²) in [4.78, 5) is 11.6. The van der Waals surface area contributed by atoms with Crippen molar-refractivity contribution < 1.29 is 9.53 Å². The van der Waals surface area contributed by atoms with Crippen LogP contribution in [0.5, 0.6) is 5.75 Å². The summed E-state index contributed by atoms with van der Waals surface area (Å²) in [7, 11) is 0. The zero-order valence-electron chi connectivity index (χ0n) is 12.1. The molecule has 0 saturated heterocycles. The molecule has 1 atom stereocenters. The second kappa shape index (κ2) is 7.75. The number of hydrogen-bond donors (Lipinski definition) is 1. The van der Waals surface area contributed by atoms with Crippen LogP contribution in [0.2, 0.25) is 5.02 Å². The normalized spacial score (nSPS) is 12.8. The van der Waals surface area contributed by atoms with Gasteiger partial charge in [0.15, 0.2) is 6.61 Å². The van der Waals surface area contributed by atoms with E-state index in [0.29, 0.717) is 17.3 Å². The molecule has 0 bridgehead atoms. The lowest BCUT2D eigenvalue weighted by molar-refractivity contribution is -0.123. The summed E-state index contributed by atoms with van der Waals surface area (Å²) >= 11 is 12.0. The number of amides is 1. The van der Waals surface area contributed by atoms with Crippen LogP contribution in [0.4, 0.5) is 0 Å². The Morgan fingerprint density at radius 3 is 2.70 bits per heavy atom. The molecule has 1 amide bonds. The molecule has 5 heteroatoms. The van der Waals surface area contributed by atoms with E-state index in [1.54, 1.807) is 24.3 Å². The fourth-order valence-corrected chi connectivity index (χ4v) is 2.44. The Morgan fingerprint density at radius 2 is 2.10 bits per heavy atom. The van der Waals surface area contributed by atoms with E-state index in [0.717, 1.165) is 6.42 Å². The number of benzene rings is 1. The van der Waals surface area contributed by atoms with Crippen molar-refractivity contribution in [2.45, 2.75) is 32.6 Å². The molecule has 1 unspecified atom stereocenters. The maximum atomic E-state index is 11.6. The van der Waals surface area contributed by atoms with Crippen molar-refractivity contribution in [3.05, 3.63) is 29.3 Å². The van der Waals surface area contributed by atoms with Crippen molar-refractivity contribution in [3.63, 3.8) is 0 Å². The quantitative estimate of drug-likeness (QED) is 0.809. The summed E-state index contributed by atoms with van der Waals surface area (Å²) in [5, 5.41) is 3.26. The highest BCUT2D eigenvalue weighted by atomic mass is 35.5. The predicted molar refractivity (Wildman–Crippen MR) is 83.7 cm³/mol. The molecule has 0 radical (unpaired) electrons. The maximum Gasteiger partial charge on any atom is 0.257 e. The number of hydrogen-bond acceptors (Lipinski definition) is 2. The van der Waals surface area contributed by atoms with Crippen molar-refractivity contribution in [1.29, 1.82) is 0 Å². The summed E-state index contributed by atoms with van der Waals surface area (Å²) in [5.41, 5.74) is 0.147. The molecule has 0 spiro atoms. The number of carbonyl (C=O) groups excluding carboxylic acids is 1. The number of rotatable bonds is 6. The number of alkyl halides is 1. The Labute approximate surface area is 130 Å². The average molecular weight is 318 g/mol. The van der Waals surface area contributed by atoms with Gasteiger partial charge in [-0.2, -0.15) is 0 Å². The van der Waals surface area contributed by atoms with Crippen molar-refractivity contribution in [2.24, 2.45) is 5.41 Å². The first-order valence-corrected chi connectivity index (χ1v) is 7.37. The van der Waals surface area contributed by atoms with E-state index in [4.69, 9.17) is 27.9 Å². The topological polar surface area (TPSA) is 38.3 Å². The standard InChI is InChI=1S/C15H21Cl2NO2/c1-15(2,3)8-12(17)9-18-14(19)10-20-13-6-4-5-11(16)7-13/h4-7,12H,8-10H2,1-3H3,(H,18,19). The van der Waals surface area contributed by atoms with E-state index >= 15 is 0 Å². The van der Waals surface area contributed by atoms with Gasteiger partial charge >= 0.3 is 0 Å². The third kappa shape index (κ3) is 7.61. The molecule has 0 saturated carbocycles. The third-order valence-corrected chi connectivity index (χ3v) is 3.06. The van der Waals surface area contributed by atoms with Crippen molar-refractivity contribution in [1.82, 2.24) is 5.32 Å². The lowest BCUT2D eigenvalue weighted by Gasteiger charge is -2.21. The van der Waals surface area contributed by atoms with Gasteiger partial charge in [-0.05, 0) is 30.0 Å². The minimum atomic E-state index is -0.190. The van der Waals surface area contributed by atoms with Crippen LogP contribution in [0.1, 0.15) is 27.2 Å². The fourth-order valence-electron chi connectivity index (χ4n) is 1.72. The molecule has 1 rings (SSSR count). The highest BCUT2D eigenvalue weighted by Crippen LogP contribution is 2.23. The number of nitrogens with one attached hydrogen (secondary N) is 1. The Bertz CT molecular complexity index is 444. The van der Waals surface area contributed by atoms with Crippen LogP contribution in [0.25, 0.3) is 0 Å². The molecule has 0 aliphatic carbocycles. The predicted octanol–water partition coefficient (Wildman–Crippen LogP) is 3.88. The van der Waals surface area contributed by atoms with E-state index < -0.39 is 0 Å². The lowest BCUT2D eigenvalue weighted by Crippen LogP contribution is -2.34. The summed E-state index contributed by atoms with van der Waals surface area (Å²) in [6.45, 7) is 6.75. The first-order valence-electron chi connectivity index (χ1n) is 6.55. The molecule has 0 aliphatic rings. The minimum Gasteiger partial charge on any atom is -0.484 e. The van der Waals surface area contributed by atoms with Gasteiger partial charge in [0.1, 0.15) is 5.75 Å². The smallest absolute Gasteiger partial charge is 0.257 e. The van der Waals surface area contributed by atoms with E-state index in [2.05, 4.69) is 26.1 Å².